The lowest BCUT2D eigenvalue weighted by atomic mass is 10.1. The summed E-state index contributed by atoms with van der Waals surface area (Å²) in [6.07, 6.45) is 6.73. The predicted octanol–water partition coefficient (Wildman–Crippen LogP) is 3.89. The van der Waals surface area contributed by atoms with E-state index in [0.29, 0.717) is 0 Å². The Kier molecular flexibility index (Phi) is 5.29. The van der Waals surface area contributed by atoms with Gasteiger partial charge in [0.1, 0.15) is 5.03 Å². The van der Waals surface area contributed by atoms with Crippen LogP contribution < -0.4 is 5.32 Å². The summed E-state index contributed by atoms with van der Waals surface area (Å²) < 4.78 is 0. The zero-order valence-electron chi connectivity index (χ0n) is 11.4. The number of hydrogen-bond acceptors (Lipinski definition) is 4. The van der Waals surface area contributed by atoms with E-state index in [4.69, 9.17) is 0 Å². The molecule has 1 aliphatic rings. The highest BCUT2D eigenvalue weighted by atomic mass is 32.2. The average molecular weight is 265 g/mol. The highest BCUT2D eigenvalue weighted by Gasteiger charge is 2.15. The molecular formula is C14H23N3S. The molecule has 0 bridgehead atoms. The molecule has 0 radical (unpaired) electrons. The fourth-order valence-corrected chi connectivity index (χ4v) is 3.45. The van der Waals surface area contributed by atoms with E-state index in [0.717, 1.165) is 35.6 Å². The summed E-state index contributed by atoms with van der Waals surface area (Å²) in [6.45, 7) is 5.13. The molecular weight excluding hydrogens is 242 g/mol. The Bertz CT molecular complexity index is 375. The van der Waals surface area contributed by atoms with E-state index in [1.54, 1.807) is 0 Å². The predicted molar refractivity (Wildman–Crippen MR) is 78.2 cm³/mol. The van der Waals surface area contributed by atoms with Crippen molar-refractivity contribution < 1.29 is 0 Å². The van der Waals surface area contributed by atoms with Crippen LogP contribution in [0.4, 0.5) is 5.95 Å². The summed E-state index contributed by atoms with van der Waals surface area (Å²) in [4.78, 5) is 8.99. The van der Waals surface area contributed by atoms with Crippen molar-refractivity contribution in [1.82, 2.24) is 9.97 Å². The number of nitrogens with one attached hydrogen (secondary N) is 1. The lowest BCUT2D eigenvalue weighted by Crippen LogP contribution is -2.06. The van der Waals surface area contributed by atoms with E-state index in [2.05, 4.69) is 28.3 Å². The second kappa shape index (κ2) is 6.98. The van der Waals surface area contributed by atoms with Gasteiger partial charge in [0, 0.05) is 18.0 Å². The normalized spacial score (nSPS) is 16.1. The zero-order valence-corrected chi connectivity index (χ0v) is 12.2. The van der Waals surface area contributed by atoms with Crippen LogP contribution in [-0.4, -0.2) is 22.3 Å². The van der Waals surface area contributed by atoms with E-state index >= 15 is 0 Å². The van der Waals surface area contributed by atoms with E-state index in [-0.39, 0.29) is 0 Å². The molecule has 0 amide bonds. The van der Waals surface area contributed by atoms with Crippen molar-refractivity contribution in [2.75, 3.05) is 17.6 Å². The van der Waals surface area contributed by atoms with Crippen molar-refractivity contribution in [1.29, 1.82) is 0 Å². The minimum Gasteiger partial charge on any atom is -0.354 e. The molecule has 1 aliphatic carbocycles. The van der Waals surface area contributed by atoms with Crippen LogP contribution in [0.1, 0.15) is 44.7 Å². The Hall–Kier alpha value is -0.770. The van der Waals surface area contributed by atoms with E-state index in [1.165, 1.54) is 31.4 Å². The Labute approximate surface area is 114 Å². The third-order valence-electron chi connectivity index (χ3n) is 3.31. The summed E-state index contributed by atoms with van der Waals surface area (Å²) in [5.74, 6) is 2.90. The lowest BCUT2D eigenvalue weighted by molar-refractivity contribution is 0.623. The highest BCUT2D eigenvalue weighted by Crippen LogP contribution is 2.30. The third kappa shape index (κ3) is 4.16. The van der Waals surface area contributed by atoms with Gasteiger partial charge in [-0.2, -0.15) is 0 Å². The first-order valence-corrected chi connectivity index (χ1v) is 7.99. The van der Waals surface area contributed by atoms with E-state index in [1.807, 2.05) is 18.7 Å². The molecule has 0 aliphatic heterocycles. The molecule has 0 spiro atoms. The first-order valence-electron chi connectivity index (χ1n) is 7.00. The monoisotopic (exact) mass is 265 g/mol. The van der Waals surface area contributed by atoms with Crippen LogP contribution in [0.5, 0.6) is 0 Å². The molecule has 1 N–H and O–H groups in total. The fraction of sp³-hybridized carbons (Fsp3) is 0.714. The number of aryl methyl sites for hydroxylation is 1. The molecule has 1 aromatic rings. The minimum atomic E-state index is 0.783. The number of hydrogen-bond donors (Lipinski definition) is 1. The smallest absolute Gasteiger partial charge is 0.223 e. The van der Waals surface area contributed by atoms with Crippen molar-refractivity contribution in [2.45, 2.75) is 51.0 Å². The van der Waals surface area contributed by atoms with Crippen LogP contribution in [0.25, 0.3) is 0 Å². The molecule has 0 saturated heterocycles. The number of aromatic nitrogens is 2. The van der Waals surface area contributed by atoms with Gasteiger partial charge < -0.3 is 5.32 Å². The Morgan fingerprint density at radius 3 is 2.83 bits per heavy atom. The zero-order chi connectivity index (χ0) is 12.8. The van der Waals surface area contributed by atoms with Crippen LogP contribution in [0.2, 0.25) is 0 Å². The molecule has 1 heterocycles. The second-order valence-corrected chi connectivity index (χ2v) is 6.10. The maximum Gasteiger partial charge on any atom is 0.223 e. The molecule has 0 unspecified atom stereocenters. The van der Waals surface area contributed by atoms with Crippen molar-refractivity contribution in [3.05, 3.63) is 11.8 Å². The van der Waals surface area contributed by atoms with Crippen molar-refractivity contribution >= 4 is 17.7 Å². The topological polar surface area (TPSA) is 37.8 Å². The van der Waals surface area contributed by atoms with Gasteiger partial charge in [-0.15, -0.1) is 11.8 Å². The fourth-order valence-electron chi connectivity index (χ4n) is 2.31. The van der Waals surface area contributed by atoms with Gasteiger partial charge in [-0.1, -0.05) is 19.8 Å². The number of nitrogens with zero attached hydrogens (tertiary/aromatic N) is 2. The highest BCUT2D eigenvalue weighted by molar-refractivity contribution is 7.99. The largest absolute Gasteiger partial charge is 0.354 e. The maximum atomic E-state index is 4.57. The SMILES string of the molecule is CCCNc1nc(C)cc(SCC2CCCC2)n1. The second-order valence-electron chi connectivity index (χ2n) is 5.06. The van der Waals surface area contributed by atoms with Gasteiger partial charge in [0.2, 0.25) is 5.95 Å². The summed E-state index contributed by atoms with van der Waals surface area (Å²) in [7, 11) is 0. The quantitative estimate of drug-likeness (QED) is 0.625. The molecule has 0 atom stereocenters. The van der Waals surface area contributed by atoms with Gasteiger partial charge in [-0.25, -0.2) is 9.97 Å². The summed E-state index contributed by atoms with van der Waals surface area (Å²) in [5.41, 5.74) is 1.05. The van der Waals surface area contributed by atoms with Crippen LogP contribution in [0, 0.1) is 12.8 Å². The Morgan fingerprint density at radius 2 is 2.11 bits per heavy atom. The molecule has 0 aromatic carbocycles. The van der Waals surface area contributed by atoms with Crippen LogP contribution in [0.3, 0.4) is 0 Å². The first kappa shape index (κ1) is 13.7. The number of anilines is 1. The Balaban J connectivity index is 1.91. The van der Waals surface area contributed by atoms with Crippen molar-refractivity contribution in [2.24, 2.45) is 5.92 Å². The summed E-state index contributed by atoms with van der Waals surface area (Å²) in [6, 6.07) is 2.09. The van der Waals surface area contributed by atoms with Crippen LogP contribution >= 0.6 is 11.8 Å². The molecule has 4 heteroatoms. The number of thioether (sulfide) groups is 1. The molecule has 18 heavy (non-hydrogen) atoms. The maximum absolute atomic E-state index is 4.57. The first-order chi connectivity index (χ1) is 8.78. The van der Waals surface area contributed by atoms with Crippen molar-refractivity contribution in [3.63, 3.8) is 0 Å². The summed E-state index contributed by atoms with van der Waals surface area (Å²) >= 11 is 1.89. The average Bonchev–Trinajstić information content (AvgIpc) is 2.86. The minimum absolute atomic E-state index is 0.783. The van der Waals surface area contributed by atoms with Gasteiger partial charge in [-0.05, 0) is 38.2 Å². The van der Waals surface area contributed by atoms with Gasteiger partial charge >= 0.3 is 0 Å². The van der Waals surface area contributed by atoms with Gasteiger partial charge in [0.05, 0.1) is 0 Å². The number of rotatable bonds is 6. The molecule has 1 saturated carbocycles. The van der Waals surface area contributed by atoms with Crippen LogP contribution in [-0.2, 0) is 0 Å². The molecule has 1 fully saturated rings. The van der Waals surface area contributed by atoms with Crippen molar-refractivity contribution in [3.8, 4) is 0 Å². The lowest BCUT2D eigenvalue weighted by Gasteiger charge is -2.10. The van der Waals surface area contributed by atoms with E-state index < -0.39 is 0 Å². The molecule has 1 aromatic heterocycles. The summed E-state index contributed by atoms with van der Waals surface area (Å²) in [5, 5.41) is 4.39. The Morgan fingerprint density at radius 1 is 1.33 bits per heavy atom. The molecule has 3 nitrogen and oxygen atoms in total. The standard InChI is InChI=1S/C14H23N3S/c1-3-8-15-14-16-11(2)9-13(17-14)18-10-12-6-4-5-7-12/h9,12H,3-8,10H2,1-2H3,(H,15,16,17). The van der Waals surface area contributed by atoms with Gasteiger partial charge in [0.25, 0.3) is 0 Å². The van der Waals surface area contributed by atoms with Crippen LogP contribution in [0.15, 0.2) is 11.1 Å². The molecule has 2 rings (SSSR count). The van der Waals surface area contributed by atoms with E-state index in [9.17, 15) is 0 Å². The molecule has 100 valence electrons. The van der Waals surface area contributed by atoms with Gasteiger partial charge in [-0.3, -0.25) is 0 Å². The third-order valence-corrected chi connectivity index (χ3v) is 4.45. The van der Waals surface area contributed by atoms with Gasteiger partial charge in [0.15, 0.2) is 0 Å².